The van der Waals surface area contributed by atoms with Gasteiger partial charge >= 0.3 is 0 Å². The van der Waals surface area contributed by atoms with E-state index in [4.69, 9.17) is 16.4 Å². The van der Waals surface area contributed by atoms with E-state index in [1.54, 1.807) is 36.5 Å². The summed E-state index contributed by atoms with van der Waals surface area (Å²) in [6.07, 6.45) is 3.02. The van der Waals surface area contributed by atoms with Crippen LogP contribution in [0.4, 0.5) is 11.4 Å². The molecule has 0 aliphatic carbocycles. The van der Waals surface area contributed by atoms with Crippen molar-refractivity contribution in [1.29, 1.82) is 4.78 Å². The van der Waals surface area contributed by atoms with Crippen LogP contribution in [0.3, 0.4) is 0 Å². The smallest absolute Gasteiger partial charge is 0.117 e. The third kappa shape index (κ3) is 3.23. The number of phenolic OH excluding ortho intramolecular Hbond substituents is 1. The van der Waals surface area contributed by atoms with Crippen LogP contribution in [0.15, 0.2) is 53.6 Å². The Kier molecular flexibility index (Phi) is 3.87. The Morgan fingerprint density at radius 1 is 1.17 bits per heavy atom. The standard InChI is InChI=1S/C16H14ClN3O2S/c1-23(18,22)11-3-5-14-12(9-11)15(6-7-19-14)20-16-8-10(21)2-4-13(16)17/h2-9,18,21H,1H3,(H,19,20). The number of rotatable bonds is 3. The maximum atomic E-state index is 12.0. The number of aromatic nitrogens is 1. The Morgan fingerprint density at radius 3 is 2.70 bits per heavy atom. The van der Waals surface area contributed by atoms with E-state index in [1.807, 2.05) is 0 Å². The normalized spacial score (nSPS) is 13.7. The summed E-state index contributed by atoms with van der Waals surface area (Å²) >= 11 is 6.14. The third-order valence-electron chi connectivity index (χ3n) is 3.38. The van der Waals surface area contributed by atoms with Crippen molar-refractivity contribution < 1.29 is 9.32 Å². The minimum absolute atomic E-state index is 0.0960. The van der Waals surface area contributed by atoms with Gasteiger partial charge in [-0.05, 0) is 36.4 Å². The molecule has 7 heteroatoms. The molecule has 0 bridgehead atoms. The molecule has 3 rings (SSSR count). The van der Waals surface area contributed by atoms with Crippen LogP contribution in [-0.4, -0.2) is 20.6 Å². The molecule has 23 heavy (non-hydrogen) atoms. The van der Waals surface area contributed by atoms with Crippen LogP contribution < -0.4 is 5.32 Å². The maximum absolute atomic E-state index is 12.0. The topological polar surface area (TPSA) is 86.1 Å². The van der Waals surface area contributed by atoms with E-state index >= 15 is 0 Å². The van der Waals surface area contributed by atoms with Gasteiger partial charge in [0.05, 0.1) is 26.0 Å². The fourth-order valence-corrected chi connectivity index (χ4v) is 3.07. The number of hydrogen-bond acceptors (Lipinski definition) is 5. The highest BCUT2D eigenvalue weighted by molar-refractivity contribution is 7.91. The Bertz CT molecular complexity index is 1000. The van der Waals surface area contributed by atoms with Crippen LogP contribution in [0.1, 0.15) is 0 Å². The number of pyridine rings is 1. The van der Waals surface area contributed by atoms with E-state index in [1.165, 1.54) is 18.4 Å². The van der Waals surface area contributed by atoms with Gasteiger partial charge in [0.1, 0.15) is 5.75 Å². The summed E-state index contributed by atoms with van der Waals surface area (Å²) in [5.41, 5.74) is 1.96. The second-order valence-electron chi connectivity index (χ2n) is 5.17. The van der Waals surface area contributed by atoms with Gasteiger partial charge < -0.3 is 10.4 Å². The van der Waals surface area contributed by atoms with Crippen LogP contribution in [0.25, 0.3) is 10.9 Å². The van der Waals surface area contributed by atoms with Gasteiger partial charge in [0.2, 0.25) is 0 Å². The van der Waals surface area contributed by atoms with Crippen molar-refractivity contribution in [2.75, 3.05) is 11.6 Å². The van der Waals surface area contributed by atoms with Crippen molar-refractivity contribution in [2.24, 2.45) is 0 Å². The third-order valence-corrected chi connectivity index (χ3v) is 4.87. The van der Waals surface area contributed by atoms with Gasteiger partial charge in [-0.2, -0.15) is 0 Å². The van der Waals surface area contributed by atoms with Crippen molar-refractivity contribution in [3.63, 3.8) is 0 Å². The molecule has 0 saturated carbocycles. The fourth-order valence-electron chi connectivity index (χ4n) is 2.23. The number of benzene rings is 2. The van der Waals surface area contributed by atoms with Gasteiger partial charge in [-0.15, -0.1) is 0 Å². The zero-order chi connectivity index (χ0) is 16.6. The van der Waals surface area contributed by atoms with Gasteiger partial charge in [0.15, 0.2) is 0 Å². The SMILES string of the molecule is CS(=N)(=O)c1ccc2nccc(Nc3cc(O)ccc3Cl)c2c1. The lowest BCUT2D eigenvalue weighted by Crippen LogP contribution is -1.97. The average molecular weight is 348 g/mol. The number of nitrogens with zero attached hydrogens (tertiary/aromatic N) is 1. The molecule has 1 aromatic heterocycles. The van der Waals surface area contributed by atoms with Crippen LogP contribution in [-0.2, 0) is 9.73 Å². The summed E-state index contributed by atoms with van der Waals surface area (Å²) < 4.78 is 19.7. The molecule has 0 saturated heterocycles. The van der Waals surface area contributed by atoms with E-state index in [0.29, 0.717) is 26.8 Å². The Morgan fingerprint density at radius 2 is 1.96 bits per heavy atom. The molecule has 2 aromatic carbocycles. The highest BCUT2D eigenvalue weighted by Gasteiger charge is 2.09. The molecule has 3 aromatic rings. The zero-order valence-electron chi connectivity index (χ0n) is 12.2. The monoisotopic (exact) mass is 347 g/mol. The first-order chi connectivity index (χ1) is 10.8. The first-order valence-electron chi connectivity index (χ1n) is 6.73. The molecule has 0 aliphatic heterocycles. The number of aromatic hydroxyl groups is 1. The van der Waals surface area contributed by atoms with E-state index < -0.39 is 9.73 Å². The molecule has 0 aliphatic rings. The first-order valence-corrected chi connectivity index (χ1v) is 9.07. The number of phenols is 1. The van der Waals surface area contributed by atoms with Gasteiger partial charge in [-0.1, -0.05) is 11.6 Å². The van der Waals surface area contributed by atoms with Crippen molar-refractivity contribution >= 4 is 43.6 Å². The highest BCUT2D eigenvalue weighted by Crippen LogP contribution is 2.32. The van der Waals surface area contributed by atoms with E-state index in [9.17, 15) is 9.32 Å². The lowest BCUT2D eigenvalue weighted by atomic mass is 10.2. The van der Waals surface area contributed by atoms with Crippen LogP contribution in [0, 0.1) is 4.78 Å². The van der Waals surface area contributed by atoms with Crippen molar-refractivity contribution in [1.82, 2.24) is 4.98 Å². The predicted octanol–water partition coefficient (Wildman–Crippen LogP) is 4.37. The summed E-state index contributed by atoms with van der Waals surface area (Å²) in [6.45, 7) is 0. The van der Waals surface area contributed by atoms with Gasteiger partial charge in [-0.25, -0.2) is 8.99 Å². The van der Waals surface area contributed by atoms with Crippen LogP contribution >= 0.6 is 11.6 Å². The van der Waals surface area contributed by atoms with Gasteiger partial charge in [-0.3, -0.25) is 4.98 Å². The predicted molar refractivity (Wildman–Crippen MR) is 93.2 cm³/mol. The molecular formula is C16H14ClN3O2S. The van der Waals surface area contributed by atoms with E-state index in [-0.39, 0.29) is 5.75 Å². The molecule has 0 fully saturated rings. The molecule has 0 radical (unpaired) electrons. The summed E-state index contributed by atoms with van der Waals surface area (Å²) in [5.74, 6) is 0.0960. The number of hydrogen-bond donors (Lipinski definition) is 3. The molecule has 1 heterocycles. The van der Waals surface area contributed by atoms with E-state index in [0.717, 1.165) is 5.39 Å². The Balaban J connectivity index is 2.15. The molecule has 5 nitrogen and oxygen atoms in total. The summed E-state index contributed by atoms with van der Waals surface area (Å²) in [5, 5.41) is 13.9. The Hall–Kier alpha value is -2.31. The average Bonchev–Trinajstić information content (AvgIpc) is 2.50. The molecular weight excluding hydrogens is 334 g/mol. The van der Waals surface area contributed by atoms with Crippen molar-refractivity contribution in [2.45, 2.75) is 4.90 Å². The van der Waals surface area contributed by atoms with E-state index in [2.05, 4.69) is 10.3 Å². The lowest BCUT2D eigenvalue weighted by molar-refractivity contribution is 0.475. The zero-order valence-corrected chi connectivity index (χ0v) is 13.8. The van der Waals surface area contributed by atoms with Crippen molar-refractivity contribution in [3.8, 4) is 5.75 Å². The second-order valence-corrected chi connectivity index (χ2v) is 7.74. The molecule has 3 N–H and O–H groups in total. The number of nitrogens with one attached hydrogen (secondary N) is 2. The molecule has 1 unspecified atom stereocenters. The largest absolute Gasteiger partial charge is 0.508 e. The summed E-state index contributed by atoms with van der Waals surface area (Å²) in [4.78, 5) is 4.70. The quantitative estimate of drug-likeness (QED) is 0.656. The summed E-state index contributed by atoms with van der Waals surface area (Å²) in [7, 11) is -2.82. The molecule has 0 amide bonds. The minimum atomic E-state index is -2.82. The molecule has 1 atom stereocenters. The highest BCUT2D eigenvalue weighted by atomic mass is 35.5. The number of fused-ring (bicyclic) bond motifs is 1. The van der Waals surface area contributed by atoms with Crippen LogP contribution in [0.2, 0.25) is 5.02 Å². The number of halogens is 1. The minimum Gasteiger partial charge on any atom is -0.508 e. The number of anilines is 2. The summed E-state index contributed by atoms with van der Waals surface area (Å²) in [6, 6.07) is 11.4. The molecule has 0 spiro atoms. The maximum Gasteiger partial charge on any atom is 0.117 e. The molecule has 118 valence electrons. The first kappa shape index (κ1) is 15.6. The lowest BCUT2D eigenvalue weighted by Gasteiger charge is -2.12. The second kappa shape index (κ2) is 5.72. The fraction of sp³-hybridized carbons (Fsp3) is 0.0625. The van der Waals surface area contributed by atoms with Gasteiger partial charge in [0, 0.05) is 34.5 Å². The van der Waals surface area contributed by atoms with Crippen molar-refractivity contribution in [3.05, 3.63) is 53.7 Å². The van der Waals surface area contributed by atoms with Gasteiger partial charge in [0.25, 0.3) is 0 Å². The Labute approximate surface area is 138 Å². The van der Waals surface area contributed by atoms with Crippen LogP contribution in [0.5, 0.6) is 5.75 Å².